The standard InChI is InChI=1S/C21H17N3OS/c1-12-5-6-15(13(2)10-12)19(25)20-18(22)16-7-8-17(24-21(16)26-20)14-4-3-9-23-11-14/h3-11H,22H2,1-2H3. The molecule has 0 aliphatic rings. The van der Waals surface area contributed by atoms with Crippen LogP contribution in [-0.4, -0.2) is 15.8 Å². The van der Waals surface area contributed by atoms with Crippen molar-refractivity contribution in [3.63, 3.8) is 0 Å². The minimum absolute atomic E-state index is 0.0501. The van der Waals surface area contributed by atoms with Crippen LogP contribution in [0.3, 0.4) is 0 Å². The van der Waals surface area contributed by atoms with Gasteiger partial charge in [-0.1, -0.05) is 23.8 Å². The molecule has 0 aliphatic heterocycles. The molecule has 0 radical (unpaired) electrons. The average molecular weight is 359 g/mol. The molecule has 4 nitrogen and oxygen atoms in total. The summed E-state index contributed by atoms with van der Waals surface area (Å²) in [4.78, 5) is 23.1. The van der Waals surface area contributed by atoms with Gasteiger partial charge in [0.2, 0.25) is 5.78 Å². The van der Waals surface area contributed by atoms with Crippen molar-refractivity contribution in [1.29, 1.82) is 0 Å². The normalized spacial score (nSPS) is 11.0. The van der Waals surface area contributed by atoms with E-state index in [1.807, 2.05) is 56.3 Å². The highest BCUT2D eigenvalue weighted by Gasteiger charge is 2.20. The highest BCUT2D eigenvalue weighted by atomic mass is 32.1. The number of pyridine rings is 2. The van der Waals surface area contributed by atoms with E-state index in [0.717, 1.165) is 32.6 Å². The second-order valence-corrected chi connectivity index (χ2v) is 7.28. The lowest BCUT2D eigenvalue weighted by molar-refractivity contribution is 0.104. The summed E-state index contributed by atoms with van der Waals surface area (Å²) in [6, 6.07) is 13.5. The van der Waals surface area contributed by atoms with E-state index < -0.39 is 0 Å². The Kier molecular flexibility index (Phi) is 4.01. The van der Waals surface area contributed by atoms with Crippen LogP contribution in [0.4, 0.5) is 5.69 Å². The molecule has 0 aliphatic carbocycles. The summed E-state index contributed by atoms with van der Waals surface area (Å²) in [5.41, 5.74) is 11.3. The summed E-state index contributed by atoms with van der Waals surface area (Å²) in [7, 11) is 0. The van der Waals surface area contributed by atoms with Crippen LogP contribution in [0.15, 0.2) is 54.9 Å². The van der Waals surface area contributed by atoms with Gasteiger partial charge in [-0.15, -0.1) is 11.3 Å². The lowest BCUT2D eigenvalue weighted by atomic mass is 10.0. The molecule has 0 saturated heterocycles. The fourth-order valence-corrected chi connectivity index (χ4v) is 4.08. The van der Waals surface area contributed by atoms with Gasteiger partial charge in [-0.2, -0.15) is 0 Å². The number of hydrogen-bond acceptors (Lipinski definition) is 5. The fraction of sp³-hybridized carbons (Fsp3) is 0.0952. The molecule has 0 unspecified atom stereocenters. The number of nitrogen functional groups attached to an aromatic ring is 1. The fourth-order valence-electron chi connectivity index (χ4n) is 3.03. The average Bonchev–Trinajstić information content (AvgIpc) is 2.98. The van der Waals surface area contributed by atoms with Crippen LogP contribution in [0.25, 0.3) is 21.5 Å². The zero-order valence-corrected chi connectivity index (χ0v) is 15.3. The molecule has 2 N–H and O–H groups in total. The van der Waals surface area contributed by atoms with Crippen LogP contribution in [0.2, 0.25) is 0 Å². The van der Waals surface area contributed by atoms with Crippen molar-refractivity contribution >= 4 is 33.0 Å². The van der Waals surface area contributed by atoms with Crippen molar-refractivity contribution in [1.82, 2.24) is 9.97 Å². The molecule has 0 atom stereocenters. The Hall–Kier alpha value is -3.05. The first-order chi connectivity index (χ1) is 12.5. The second-order valence-electron chi connectivity index (χ2n) is 6.28. The first-order valence-electron chi connectivity index (χ1n) is 8.26. The van der Waals surface area contributed by atoms with E-state index in [1.165, 1.54) is 11.3 Å². The molecule has 4 aromatic rings. The van der Waals surface area contributed by atoms with Crippen molar-refractivity contribution in [3.8, 4) is 11.3 Å². The third kappa shape index (κ3) is 2.76. The van der Waals surface area contributed by atoms with Crippen LogP contribution in [-0.2, 0) is 0 Å². The molecule has 3 aromatic heterocycles. The number of carbonyl (C=O) groups is 1. The maximum absolute atomic E-state index is 13.0. The van der Waals surface area contributed by atoms with Gasteiger partial charge >= 0.3 is 0 Å². The molecule has 26 heavy (non-hydrogen) atoms. The molecule has 1 aromatic carbocycles. The number of anilines is 1. The van der Waals surface area contributed by atoms with Gasteiger partial charge in [-0.05, 0) is 43.7 Å². The number of ketones is 1. The lowest BCUT2D eigenvalue weighted by Crippen LogP contribution is -2.04. The van der Waals surface area contributed by atoms with Crippen LogP contribution in [0.5, 0.6) is 0 Å². The number of rotatable bonds is 3. The zero-order valence-electron chi connectivity index (χ0n) is 14.5. The monoisotopic (exact) mass is 359 g/mol. The Balaban J connectivity index is 1.81. The summed E-state index contributed by atoms with van der Waals surface area (Å²) in [6.45, 7) is 3.96. The van der Waals surface area contributed by atoms with Crippen molar-refractivity contribution in [3.05, 3.63) is 76.4 Å². The third-order valence-corrected chi connectivity index (χ3v) is 5.50. The largest absolute Gasteiger partial charge is 0.397 e. The van der Waals surface area contributed by atoms with Gasteiger partial charge in [0.15, 0.2) is 0 Å². The first kappa shape index (κ1) is 16.4. The van der Waals surface area contributed by atoms with Crippen molar-refractivity contribution in [2.45, 2.75) is 13.8 Å². The predicted molar refractivity (Wildman–Crippen MR) is 107 cm³/mol. The molecule has 0 bridgehead atoms. The molecular formula is C21H17N3OS. The van der Waals surface area contributed by atoms with E-state index in [2.05, 4.69) is 9.97 Å². The number of benzene rings is 1. The van der Waals surface area contributed by atoms with Crippen molar-refractivity contribution < 1.29 is 4.79 Å². The quantitative estimate of drug-likeness (QED) is 0.534. The minimum Gasteiger partial charge on any atom is -0.397 e. The summed E-state index contributed by atoms with van der Waals surface area (Å²) >= 11 is 1.34. The molecule has 4 rings (SSSR count). The summed E-state index contributed by atoms with van der Waals surface area (Å²) in [5, 5.41) is 0.816. The Morgan fingerprint density at radius 2 is 1.96 bits per heavy atom. The molecule has 0 amide bonds. The first-order valence-corrected chi connectivity index (χ1v) is 9.07. The summed E-state index contributed by atoms with van der Waals surface area (Å²) < 4.78 is 0. The number of nitrogens with zero attached hydrogens (tertiary/aromatic N) is 2. The van der Waals surface area contributed by atoms with Crippen molar-refractivity contribution in [2.24, 2.45) is 0 Å². The summed E-state index contributed by atoms with van der Waals surface area (Å²) in [6.07, 6.45) is 3.50. The van der Waals surface area contributed by atoms with Crippen LogP contribution in [0.1, 0.15) is 26.4 Å². The van der Waals surface area contributed by atoms with Gasteiger partial charge in [-0.25, -0.2) is 4.98 Å². The molecule has 0 saturated carbocycles. The Morgan fingerprint density at radius 3 is 2.69 bits per heavy atom. The molecule has 5 heteroatoms. The number of fused-ring (bicyclic) bond motifs is 1. The van der Waals surface area contributed by atoms with Crippen molar-refractivity contribution in [2.75, 3.05) is 5.73 Å². The van der Waals surface area contributed by atoms with E-state index >= 15 is 0 Å². The summed E-state index contributed by atoms with van der Waals surface area (Å²) in [5.74, 6) is -0.0501. The van der Waals surface area contributed by atoms with Gasteiger partial charge in [-0.3, -0.25) is 9.78 Å². The molecule has 0 spiro atoms. The number of aryl methyl sites for hydroxylation is 2. The smallest absolute Gasteiger partial charge is 0.205 e. The number of carbonyl (C=O) groups excluding carboxylic acids is 1. The van der Waals surface area contributed by atoms with Gasteiger partial charge < -0.3 is 5.73 Å². The Bertz CT molecular complexity index is 1130. The lowest BCUT2D eigenvalue weighted by Gasteiger charge is -2.05. The van der Waals surface area contributed by atoms with Gasteiger partial charge in [0.1, 0.15) is 9.71 Å². The maximum Gasteiger partial charge on any atom is 0.205 e. The molecule has 3 heterocycles. The number of thiophene rings is 1. The van der Waals surface area contributed by atoms with Gasteiger partial charge in [0.05, 0.1) is 11.4 Å². The minimum atomic E-state index is -0.0501. The van der Waals surface area contributed by atoms with Crippen LogP contribution >= 0.6 is 11.3 Å². The molecule has 0 fully saturated rings. The maximum atomic E-state index is 13.0. The van der Waals surface area contributed by atoms with Crippen LogP contribution in [0, 0.1) is 13.8 Å². The number of aromatic nitrogens is 2. The van der Waals surface area contributed by atoms with E-state index in [-0.39, 0.29) is 5.78 Å². The van der Waals surface area contributed by atoms with E-state index in [9.17, 15) is 4.79 Å². The Labute approximate surface area is 155 Å². The second kappa shape index (κ2) is 6.35. The van der Waals surface area contributed by atoms with E-state index in [1.54, 1.807) is 12.4 Å². The highest BCUT2D eigenvalue weighted by molar-refractivity contribution is 7.21. The number of nitrogens with two attached hydrogens (primary N) is 1. The zero-order chi connectivity index (χ0) is 18.3. The van der Waals surface area contributed by atoms with E-state index in [4.69, 9.17) is 5.73 Å². The highest BCUT2D eigenvalue weighted by Crippen LogP contribution is 2.35. The SMILES string of the molecule is Cc1ccc(C(=O)c2sc3nc(-c4cccnc4)ccc3c2N)c(C)c1. The van der Waals surface area contributed by atoms with Gasteiger partial charge in [0, 0.05) is 28.9 Å². The van der Waals surface area contributed by atoms with Crippen LogP contribution < -0.4 is 5.73 Å². The van der Waals surface area contributed by atoms with E-state index in [0.29, 0.717) is 16.1 Å². The Morgan fingerprint density at radius 1 is 1.12 bits per heavy atom. The predicted octanol–water partition coefficient (Wildman–Crippen LogP) is 4.79. The van der Waals surface area contributed by atoms with Gasteiger partial charge in [0.25, 0.3) is 0 Å². The topological polar surface area (TPSA) is 68.9 Å². The molecule has 128 valence electrons. The third-order valence-electron chi connectivity index (χ3n) is 4.38. The molecular weight excluding hydrogens is 342 g/mol. The number of hydrogen-bond donors (Lipinski definition) is 1.